The van der Waals surface area contributed by atoms with Crippen LogP contribution in [0, 0.1) is 6.92 Å². The molecule has 2 N–H and O–H groups in total. The van der Waals surface area contributed by atoms with E-state index >= 15 is 0 Å². The van der Waals surface area contributed by atoms with Crippen molar-refractivity contribution >= 4 is 22.7 Å². The maximum Gasteiger partial charge on any atom is 0.344 e. The molecule has 27 heavy (non-hydrogen) atoms. The molecule has 2 aromatic carbocycles. The summed E-state index contributed by atoms with van der Waals surface area (Å²) in [6.07, 6.45) is 0. The van der Waals surface area contributed by atoms with Crippen molar-refractivity contribution in [2.24, 2.45) is 0 Å². The van der Waals surface area contributed by atoms with Crippen molar-refractivity contribution in [1.82, 2.24) is 9.97 Å². The summed E-state index contributed by atoms with van der Waals surface area (Å²) in [7, 11) is 0. The number of esters is 1. The first-order chi connectivity index (χ1) is 12.9. The maximum absolute atomic E-state index is 12.0. The van der Waals surface area contributed by atoms with Gasteiger partial charge in [-0.2, -0.15) is 0 Å². The summed E-state index contributed by atoms with van der Waals surface area (Å²) in [5, 5.41) is 0.774. The van der Waals surface area contributed by atoms with Crippen LogP contribution in [0.15, 0.2) is 42.5 Å². The molecule has 0 saturated heterocycles. The lowest BCUT2D eigenvalue weighted by Gasteiger charge is -2.12. The lowest BCUT2D eigenvalue weighted by Crippen LogP contribution is -2.16. The Morgan fingerprint density at radius 2 is 1.93 bits per heavy atom. The number of aromatic nitrogens is 2. The average Bonchev–Trinajstić information content (AvgIpc) is 2.64. The zero-order chi connectivity index (χ0) is 19.4. The minimum atomic E-state index is -0.490. The molecule has 0 aliphatic carbocycles. The van der Waals surface area contributed by atoms with Crippen LogP contribution in [0.25, 0.3) is 10.9 Å². The van der Waals surface area contributed by atoms with Crippen molar-refractivity contribution < 1.29 is 14.3 Å². The predicted molar refractivity (Wildman–Crippen MR) is 105 cm³/mol. The Morgan fingerprint density at radius 1 is 1.15 bits per heavy atom. The van der Waals surface area contributed by atoms with E-state index in [1.165, 1.54) is 5.56 Å². The topological polar surface area (TPSA) is 87.3 Å². The Labute approximate surface area is 158 Å². The Kier molecular flexibility index (Phi) is 5.54. The van der Waals surface area contributed by atoms with E-state index in [4.69, 9.17) is 15.2 Å². The van der Waals surface area contributed by atoms with Gasteiger partial charge in [0.1, 0.15) is 11.6 Å². The van der Waals surface area contributed by atoms with Gasteiger partial charge in [0.2, 0.25) is 0 Å². The fourth-order valence-corrected chi connectivity index (χ4v) is 2.93. The Bertz CT molecular complexity index is 970. The molecule has 0 spiro atoms. The largest absolute Gasteiger partial charge is 0.482 e. The van der Waals surface area contributed by atoms with Crippen LogP contribution in [0.3, 0.4) is 0 Å². The number of fused-ring (bicyclic) bond motifs is 1. The van der Waals surface area contributed by atoms with Crippen molar-refractivity contribution in [3.05, 3.63) is 59.4 Å². The first-order valence-corrected chi connectivity index (χ1v) is 8.84. The highest BCUT2D eigenvalue weighted by Gasteiger charge is 2.10. The van der Waals surface area contributed by atoms with Crippen LogP contribution in [0.1, 0.15) is 36.7 Å². The second-order valence-corrected chi connectivity index (χ2v) is 6.66. The fraction of sp³-hybridized carbons (Fsp3) is 0.286. The number of nitrogens with zero attached hydrogens (tertiary/aromatic N) is 2. The first-order valence-electron chi connectivity index (χ1n) is 8.84. The van der Waals surface area contributed by atoms with E-state index in [1.54, 1.807) is 0 Å². The van der Waals surface area contributed by atoms with Gasteiger partial charge in [-0.3, -0.25) is 0 Å². The minimum Gasteiger partial charge on any atom is -0.482 e. The van der Waals surface area contributed by atoms with E-state index in [-0.39, 0.29) is 13.2 Å². The molecule has 0 fully saturated rings. The number of hydrogen-bond donors (Lipinski definition) is 1. The summed E-state index contributed by atoms with van der Waals surface area (Å²) in [6.45, 7) is 6.08. The smallest absolute Gasteiger partial charge is 0.344 e. The molecule has 0 bridgehead atoms. The highest BCUT2D eigenvalue weighted by atomic mass is 16.6. The molecule has 0 aliphatic heterocycles. The van der Waals surface area contributed by atoms with Crippen LogP contribution in [0.4, 0.5) is 5.82 Å². The number of nitrogens with two attached hydrogens (primary N) is 1. The van der Waals surface area contributed by atoms with Crippen LogP contribution < -0.4 is 10.5 Å². The lowest BCUT2D eigenvalue weighted by atomic mass is 9.98. The highest BCUT2D eigenvalue weighted by Crippen LogP contribution is 2.23. The molecule has 0 saturated carbocycles. The standard InChI is InChI=1S/C21H23N3O3/c1-13(2)16-9-8-15(10-14(16)3)26-12-20(25)27-11-19-23-18-7-5-4-6-17(18)21(22)24-19/h4-10,13H,11-12H2,1-3H3,(H2,22,23,24). The van der Waals surface area contributed by atoms with Gasteiger partial charge in [0.25, 0.3) is 0 Å². The second-order valence-electron chi connectivity index (χ2n) is 6.66. The lowest BCUT2D eigenvalue weighted by molar-refractivity contribution is -0.147. The van der Waals surface area contributed by atoms with E-state index in [1.807, 2.05) is 49.4 Å². The minimum absolute atomic E-state index is 0.0530. The molecule has 3 aromatic rings. The van der Waals surface area contributed by atoms with Crippen molar-refractivity contribution in [3.8, 4) is 5.75 Å². The number of carbonyl (C=O) groups excluding carboxylic acids is 1. The molecule has 0 amide bonds. The zero-order valence-electron chi connectivity index (χ0n) is 15.7. The second kappa shape index (κ2) is 8.03. The molecule has 6 heteroatoms. The highest BCUT2D eigenvalue weighted by molar-refractivity contribution is 5.87. The normalized spacial score (nSPS) is 11.0. The van der Waals surface area contributed by atoms with Crippen molar-refractivity contribution in [2.45, 2.75) is 33.3 Å². The molecule has 140 valence electrons. The summed E-state index contributed by atoms with van der Waals surface area (Å²) >= 11 is 0. The fourth-order valence-electron chi connectivity index (χ4n) is 2.93. The number of aryl methyl sites for hydroxylation is 1. The number of rotatable bonds is 6. The Hall–Kier alpha value is -3.15. The molecular weight excluding hydrogens is 342 g/mol. The van der Waals surface area contributed by atoms with Gasteiger partial charge in [-0.1, -0.05) is 32.0 Å². The SMILES string of the molecule is Cc1cc(OCC(=O)OCc2nc(N)c3ccccc3n2)ccc1C(C)C. The summed E-state index contributed by atoms with van der Waals surface area (Å²) in [5.74, 6) is 1.31. The Morgan fingerprint density at radius 3 is 2.67 bits per heavy atom. The van der Waals surface area contributed by atoms with Gasteiger partial charge in [0, 0.05) is 5.39 Å². The third-order valence-electron chi connectivity index (χ3n) is 4.26. The van der Waals surface area contributed by atoms with Gasteiger partial charge >= 0.3 is 5.97 Å². The number of para-hydroxylation sites is 1. The van der Waals surface area contributed by atoms with Crippen LogP contribution >= 0.6 is 0 Å². The summed E-state index contributed by atoms with van der Waals surface area (Å²) < 4.78 is 10.7. The third kappa shape index (κ3) is 4.53. The van der Waals surface area contributed by atoms with E-state index in [2.05, 4.69) is 23.8 Å². The van der Waals surface area contributed by atoms with Crippen molar-refractivity contribution in [2.75, 3.05) is 12.3 Å². The summed E-state index contributed by atoms with van der Waals surface area (Å²) in [5.41, 5.74) is 9.04. The molecule has 1 heterocycles. The molecule has 6 nitrogen and oxygen atoms in total. The molecule has 0 radical (unpaired) electrons. The third-order valence-corrected chi connectivity index (χ3v) is 4.26. The van der Waals surface area contributed by atoms with Crippen molar-refractivity contribution in [3.63, 3.8) is 0 Å². The quantitative estimate of drug-likeness (QED) is 0.669. The molecule has 0 unspecified atom stereocenters. The maximum atomic E-state index is 12.0. The first kappa shape index (κ1) is 18.6. The average molecular weight is 365 g/mol. The Balaban J connectivity index is 1.56. The van der Waals surface area contributed by atoms with Gasteiger partial charge in [0.05, 0.1) is 5.52 Å². The van der Waals surface area contributed by atoms with Gasteiger partial charge in [-0.15, -0.1) is 0 Å². The van der Waals surface area contributed by atoms with E-state index < -0.39 is 5.97 Å². The van der Waals surface area contributed by atoms with E-state index in [9.17, 15) is 4.79 Å². The summed E-state index contributed by atoms with van der Waals surface area (Å²) in [6, 6.07) is 13.2. The molecule has 0 aliphatic rings. The number of ether oxygens (including phenoxy) is 2. The van der Waals surface area contributed by atoms with E-state index in [0.29, 0.717) is 28.8 Å². The number of carbonyl (C=O) groups is 1. The monoisotopic (exact) mass is 365 g/mol. The van der Waals surface area contributed by atoms with Gasteiger partial charge in [0.15, 0.2) is 19.0 Å². The number of nitrogen functional groups attached to an aromatic ring is 1. The molecule has 1 aromatic heterocycles. The van der Waals surface area contributed by atoms with Crippen LogP contribution in [0.2, 0.25) is 0 Å². The van der Waals surface area contributed by atoms with E-state index in [0.717, 1.165) is 10.9 Å². The molecule has 0 atom stereocenters. The van der Waals surface area contributed by atoms with Crippen LogP contribution in [-0.2, 0) is 16.1 Å². The predicted octanol–water partition coefficient (Wildman–Crippen LogP) is 3.77. The van der Waals surface area contributed by atoms with Gasteiger partial charge in [-0.25, -0.2) is 14.8 Å². The summed E-state index contributed by atoms with van der Waals surface area (Å²) in [4.78, 5) is 20.5. The van der Waals surface area contributed by atoms with Gasteiger partial charge in [-0.05, 0) is 48.2 Å². The van der Waals surface area contributed by atoms with Crippen LogP contribution in [0.5, 0.6) is 5.75 Å². The number of benzene rings is 2. The molecule has 3 rings (SSSR count). The van der Waals surface area contributed by atoms with Crippen LogP contribution in [-0.4, -0.2) is 22.5 Å². The van der Waals surface area contributed by atoms with Crippen molar-refractivity contribution in [1.29, 1.82) is 0 Å². The zero-order valence-corrected chi connectivity index (χ0v) is 15.7. The van der Waals surface area contributed by atoms with Gasteiger partial charge < -0.3 is 15.2 Å². The number of anilines is 1. The molecular formula is C21H23N3O3. The number of hydrogen-bond acceptors (Lipinski definition) is 6.